The number of hydrogen-bond acceptors (Lipinski definition) is 5. The van der Waals surface area contributed by atoms with Gasteiger partial charge in [-0.15, -0.1) is 0 Å². The minimum absolute atomic E-state index is 0.113. The first-order chi connectivity index (χ1) is 12.0. The molecule has 1 aliphatic heterocycles. The highest BCUT2D eigenvalue weighted by atomic mass is 32.2. The molecule has 1 atom stereocenters. The van der Waals surface area contributed by atoms with Crippen LogP contribution in [-0.4, -0.2) is 56.8 Å². The van der Waals surface area contributed by atoms with Crippen LogP contribution < -0.4 is 5.32 Å². The number of rotatable bonds is 6. The first-order valence-electron chi connectivity index (χ1n) is 8.94. The minimum Gasteiger partial charge on any atom is -0.344 e. The van der Waals surface area contributed by atoms with Crippen molar-refractivity contribution in [3.63, 3.8) is 0 Å². The van der Waals surface area contributed by atoms with Crippen molar-refractivity contribution in [3.8, 4) is 0 Å². The van der Waals surface area contributed by atoms with Gasteiger partial charge < -0.3 is 10.2 Å². The summed E-state index contributed by atoms with van der Waals surface area (Å²) in [5.41, 5.74) is -0.113. The molecule has 136 valence electrons. The molecule has 2 amide bonds. The smallest absolute Gasteiger partial charge is 0.289 e. The number of nitrogens with zero attached hydrogens (tertiary/aromatic N) is 3. The van der Waals surface area contributed by atoms with Gasteiger partial charge in [0.25, 0.3) is 5.91 Å². The molecule has 0 aromatic carbocycles. The molecule has 2 fully saturated rings. The highest BCUT2D eigenvalue weighted by Gasteiger charge is 2.51. The van der Waals surface area contributed by atoms with E-state index < -0.39 is 0 Å². The summed E-state index contributed by atoms with van der Waals surface area (Å²) in [6, 6.07) is 1.70. The Bertz CT molecular complexity index is 613. The van der Waals surface area contributed by atoms with Gasteiger partial charge in [0.2, 0.25) is 11.7 Å². The van der Waals surface area contributed by atoms with Crippen molar-refractivity contribution < 1.29 is 9.59 Å². The molecule has 1 saturated heterocycles. The van der Waals surface area contributed by atoms with E-state index in [1.807, 2.05) is 11.2 Å². The maximum absolute atomic E-state index is 12.4. The van der Waals surface area contributed by atoms with Crippen LogP contribution in [-0.2, 0) is 4.79 Å². The molecule has 0 spiro atoms. The van der Waals surface area contributed by atoms with Crippen molar-refractivity contribution >= 4 is 23.6 Å². The van der Waals surface area contributed by atoms with Crippen LogP contribution in [0.25, 0.3) is 0 Å². The monoisotopic (exact) mass is 362 g/mol. The van der Waals surface area contributed by atoms with Gasteiger partial charge in [0.15, 0.2) is 0 Å². The van der Waals surface area contributed by atoms with Crippen LogP contribution in [0.4, 0.5) is 0 Å². The molecule has 25 heavy (non-hydrogen) atoms. The summed E-state index contributed by atoms with van der Waals surface area (Å²) in [6.07, 6.45) is 9.74. The Kier molecular flexibility index (Phi) is 5.61. The minimum atomic E-state index is -0.189. The van der Waals surface area contributed by atoms with Crippen LogP contribution in [0.15, 0.2) is 18.5 Å². The zero-order valence-corrected chi connectivity index (χ0v) is 15.7. The summed E-state index contributed by atoms with van der Waals surface area (Å²) in [5, 5.41) is 3.53. The standard InChI is InChI=1S/C18H26N4O2S/c1-13(25-2)12-15(23)22-10-4-14(5-11-22)18(6-7-18)21-17(24)16-19-8-3-9-20-16/h3,8-9,13-14H,4-7,10-12H2,1-2H3,(H,21,24). The van der Waals surface area contributed by atoms with E-state index in [0.29, 0.717) is 17.6 Å². The molecule has 1 saturated carbocycles. The number of carbonyl (C=O) groups is 2. The lowest BCUT2D eigenvalue weighted by molar-refractivity contribution is -0.132. The van der Waals surface area contributed by atoms with Gasteiger partial charge in [-0.05, 0) is 43.9 Å². The van der Waals surface area contributed by atoms with E-state index in [1.54, 1.807) is 30.2 Å². The zero-order chi connectivity index (χ0) is 17.9. The summed E-state index contributed by atoms with van der Waals surface area (Å²) in [5.74, 6) is 0.729. The fourth-order valence-corrected chi connectivity index (χ4v) is 3.92. The van der Waals surface area contributed by atoms with E-state index in [4.69, 9.17) is 0 Å². The fraction of sp³-hybridized carbons (Fsp3) is 0.667. The molecule has 6 nitrogen and oxygen atoms in total. The molecular weight excluding hydrogens is 336 g/mol. The van der Waals surface area contributed by atoms with Crippen molar-refractivity contribution in [2.75, 3.05) is 19.3 Å². The molecule has 0 radical (unpaired) electrons. The van der Waals surface area contributed by atoms with Crippen LogP contribution in [0.5, 0.6) is 0 Å². The predicted molar refractivity (Wildman–Crippen MR) is 98.4 cm³/mol. The summed E-state index contributed by atoms with van der Waals surface area (Å²) in [4.78, 5) is 34.7. The van der Waals surface area contributed by atoms with Crippen LogP contribution >= 0.6 is 11.8 Å². The normalized spacial score (nSPS) is 20.8. The Morgan fingerprint density at radius 3 is 2.52 bits per heavy atom. The molecular formula is C18H26N4O2S. The molecule has 0 bridgehead atoms. The van der Waals surface area contributed by atoms with Gasteiger partial charge >= 0.3 is 0 Å². The maximum Gasteiger partial charge on any atom is 0.289 e. The number of hydrogen-bond donors (Lipinski definition) is 1. The number of nitrogens with one attached hydrogen (secondary N) is 1. The van der Waals surface area contributed by atoms with Gasteiger partial charge in [-0.3, -0.25) is 9.59 Å². The van der Waals surface area contributed by atoms with E-state index in [-0.39, 0.29) is 23.2 Å². The average molecular weight is 362 g/mol. The van der Waals surface area contributed by atoms with Crippen LogP contribution in [0.2, 0.25) is 0 Å². The first kappa shape index (κ1) is 18.2. The first-order valence-corrected chi connectivity index (χ1v) is 10.2. The van der Waals surface area contributed by atoms with E-state index in [2.05, 4.69) is 22.2 Å². The number of aromatic nitrogens is 2. The highest BCUT2D eigenvalue weighted by Crippen LogP contribution is 2.46. The Morgan fingerprint density at radius 2 is 1.96 bits per heavy atom. The van der Waals surface area contributed by atoms with E-state index in [1.165, 1.54) is 0 Å². The van der Waals surface area contributed by atoms with Crippen LogP contribution in [0.1, 0.15) is 49.6 Å². The fourth-order valence-electron chi connectivity index (χ4n) is 3.61. The number of carbonyl (C=O) groups excluding carboxylic acids is 2. The molecule has 1 unspecified atom stereocenters. The van der Waals surface area contributed by atoms with Gasteiger partial charge in [-0.25, -0.2) is 9.97 Å². The quantitative estimate of drug-likeness (QED) is 0.839. The van der Waals surface area contributed by atoms with Gasteiger partial charge in [-0.1, -0.05) is 6.92 Å². The third kappa shape index (κ3) is 4.32. The lowest BCUT2D eigenvalue weighted by atomic mass is 9.87. The molecule has 3 rings (SSSR count). The zero-order valence-electron chi connectivity index (χ0n) is 14.9. The number of thioether (sulfide) groups is 1. The van der Waals surface area contributed by atoms with E-state index in [9.17, 15) is 9.59 Å². The highest BCUT2D eigenvalue weighted by molar-refractivity contribution is 7.99. The van der Waals surface area contributed by atoms with E-state index >= 15 is 0 Å². The molecule has 1 aromatic rings. The largest absolute Gasteiger partial charge is 0.344 e. The number of amides is 2. The van der Waals surface area contributed by atoms with Crippen molar-refractivity contribution in [3.05, 3.63) is 24.3 Å². The lowest BCUT2D eigenvalue weighted by Gasteiger charge is -2.37. The lowest BCUT2D eigenvalue weighted by Crippen LogP contribution is -2.48. The molecule has 1 aromatic heterocycles. The van der Waals surface area contributed by atoms with Gasteiger partial charge in [0.1, 0.15) is 0 Å². The van der Waals surface area contributed by atoms with Crippen LogP contribution in [0, 0.1) is 5.92 Å². The molecule has 1 N–H and O–H groups in total. The molecule has 7 heteroatoms. The van der Waals surface area contributed by atoms with Crippen molar-refractivity contribution in [2.45, 2.75) is 49.8 Å². The Balaban J connectivity index is 1.52. The van der Waals surface area contributed by atoms with Crippen LogP contribution in [0.3, 0.4) is 0 Å². The van der Waals surface area contributed by atoms with Crippen molar-refractivity contribution in [2.24, 2.45) is 5.92 Å². The average Bonchev–Trinajstić information content (AvgIpc) is 3.43. The molecule has 1 aliphatic carbocycles. The van der Waals surface area contributed by atoms with Gasteiger partial charge in [0, 0.05) is 42.7 Å². The summed E-state index contributed by atoms with van der Waals surface area (Å²) in [6.45, 7) is 3.68. The molecule has 2 aliphatic rings. The maximum atomic E-state index is 12.4. The molecule has 2 heterocycles. The van der Waals surface area contributed by atoms with E-state index in [0.717, 1.165) is 38.8 Å². The van der Waals surface area contributed by atoms with Crippen molar-refractivity contribution in [1.29, 1.82) is 0 Å². The van der Waals surface area contributed by atoms with Crippen molar-refractivity contribution in [1.82, 2.24) is 20.2 Å². The second-order valence-corrected chi connectivity index (χ2v) is 8.36. The number of likely N-dealkylation sites (tertiary alicyclic amines) is 1. The Hall–Kier alpha value is -1.63. The summed E-state index contributed by atoms with van der Waals surface area (Å²) < 4.78 is 0. The second kappa shape index (κ2) is 7.72. The topological polar surface area (TPSA) is 75.2 Å². The van der Waals surface area contributed by atoms with Gasteiger partial charge in [-0.2, -0.15) is 11.8 Å². The summed E-state index contributed by atoms with van der Waals surface area (Å²) in [7, 11) is 0. The Labute approximate surface area is 153 Å². The van der Waals surface area contributed by atoms with Gasteiger partial charge in [0.05, 0.1) is 0 Å². The third-order valence-electron chi connectivity index (χ3n) is 5.41. The number of piperidine rings is 1. The second-order valence-electron chi connectivity index (χ2n) is 7.09. The SMILES string of the molecule is CSC(C)CC(=O)N1CCC(C2(NC(=O)c3ncccn3)CC2)CC1. The summed E-state index contributed by atoms with van der Waals surface area (Å²) >= 11 is 1.73. The third-order valence-corrected chi connectivity index (χ3v) is 6.39. The predicted octanol–water partition coefficient (Wildman–Crippen LogP) is 2.12. The Morgan fingerprint density at radius 1 is 1.32 bits per heavy atom.